The second-order valence-corrected chi connectivity index (χ2v) is 5.47. The molecule has 0 saturated heterocycles. The summed E-state index contributed by atoms with van der Waals surface area (Å²) >= 11 is 0. The van der Waals surface area contributed by atoms with E-state index in [1.54, 1.807) is 10.8 Å². The van der Waals surface area contributed by atoms with Gasteiger partial charge in [0.05, 0.1) is 22.8 Å². The van der Waals surface area contributed by atoms with Gasteiger partial charge in [0.2, 0.25) is 0 Å². The second kappa shape index (κ2) is 5.77. The molecule has 5 heteroatoms. The van der Waals surface area contributed by atoms with Gasteiger partial charge in [0, 0.05) is 17.5 Å². The van der Waals surface area contributed by atoms with Crippen LogP contribution in [0.25, 0.3) is 27.7 Å². The number of hydrogen-bond donors (Lipinski definition) is 0. The Morgan fingerprint density at radius 3 is 2.62 bits per heavy atom. The Morgan fingerprint density at radius 1 is 1.08 bits per heavy atom. The smallest absolute Gasteiger partial charge is 0.266 e. The van der Waals surface area contributed by atoms with Gasteiger partial charge in [-0.15, -0.1) is 0 Å². The van der Waals surface area contributed by atoms with Gasteiger partial charge in [0.1, 0.15) is 12.1 Å². The fourth-order valence-corrected chi connectivity index (χ4v) is 2.94. The van der Waals surface area contributed by atoms with Gasteiger partial charge < -0.3 is 4.52 Å². The first kappa shape index (κ1) is 14.4. The van der Waals surface area contributed by atoms with Crippen molar-refractivity contribution in [2.24, 2.45) is 0 Å². The van der Waals surface area contributed by atoms with Gasteiger partial charge in [-0.1, -0.05) is 42.4 Å². The van der Waals surface area contributed by atoms with E-state index in [1.165, 1.54) is 6.26 Å². The minimum Gasteiger partial charge on any atom is -0.364 e. The Hall–Kier alpha value is -3.21. The molecule has 0 radical (unpaired) electrons. The van der Waals surface area contributed by atoms with Crippen LogP contribution in [0.3, 0.4) is 0 Å². The summed E-state index contributed by atoms with van der Waals surface area (Å²) in [4.78, 5) is 18.0. The first-order chi connectivity index (χ1) is 11.8. The van der Waals surface area contributed by atoms with Crippen LogP contribution in [0.15, 0.2) is 70.3 Å². The monoisotopic (exact) mass is 317 g/mol. The number of benzene rings is 2. The molecule has 0 saturated carbocycles. The molecule has 0 aliphatic rings. The van der Waals surface area contributed by atoms with E-state index < -0.39 is 0 Å². The van der Waals surface area contributed by atoms with E-state index in [4.69, 9.17) is 9.51 Å². The molecule has 0 N–H and O–H groups in total. The summed E-state index contributed by atoms with van der Waals surface area (Å²) < 4.78 is 6.62. The van der Waals surface area contributed by atoms with Gasteiger partial charge in [-0.25, -0.2) is 4.98 Å². The maximum atomic E-state index is 13.3. The zero-order chi connectivity index (χ0) is 16.5. The molecular formula is C19H15N3O2. The van der Waals surface area contributed by atoms with Crippen LogP contribution in [0.2, 0.25) is 0 Å². The van der Waals surface area contributed by atoms with Crippen molar-refractivity contribution < 1.29 is 4.52 Å². The lowest BCUT2D eigenvalue weighted by Gasteiger charge is -2.13. The molecule has 0 amide bonds. The van der Waals surface area contributed by atoms with Crippen molar-refractivity contribution in [1.29, 1.82) is 0 Å². The van der Waals surface area contributed by atoms with Crippen LogP contribution in [0.4, 0.5) is 0 Å². The summed E-state index contributed by atoms with van der Waals surface area (Å²) in [5.74, 6) is 0.737. The third-order valence-electron chi connectivity index (χ3n) is 4.04. The van der Waals surface area contributed by atoms with E-state index in [0.29, 0.717) is 17.3 Å². The van der Waals surface area contributed by atoms with E-state index in [-0.39, 0.29) is 5.56 Å². The van der Waals surface area contributed by atoms with Crippen LogP contribution in [0.1, 0.15) is 12.7 Å². The van der Waals surface area contributed by atoms with Crippen molar-refractivity contribution in [1.82, 2.24) is 14.7 Å². The molecule has 0 aliphatic carbocycles. The van der Waals surface area contributed by atoms with Gasteiger partial charge in [-0.05, 0) is 18.2 Å². The van der Waals surface area contributed by atoms with E-state index >= 15 is 0 Å². The highest BCUT2D eigenvalue weighted by atomic mass is 16.5. The number of rotatable bonds is 3. The average Bonchev–Trinajstić information content (AvgIpc) is 3.16. The van der Waals surface area contributed by atoms with Crippen molar-refractivity contribution in [2.75, 3.05) is 0 Å². The van der Waals surface area contributed by atoms with Crippen LogP contribution in [-0.4, -0.2) is 14.7 Å². The third-order valence-corrected chi connectivity index (χ3v) is 4.04. The number of fused-ring (bicyclic) bond motifs is 1. The molecule has 0 aliphatic heterocycles. The summed E-state index contributed by atoms with van der Waals surface area (Å²) in [6.45, 7) is 2.00. The molecule has 0 bridgehead atoms. The number of aromatic nitrogens is 3. The SMILES string of the molecule is CCc1nc2cccc(-c3cnoc3)c2c(=O)n1-c1ccccc1. The predicted octanol–water partition coefficient (Wildman–Crippen LogP) is 3.60. The third kappa shape index (κ3) is 2.22. The summed E-state index contributed by atoms with van der Waals surface area (Å²) in [6.07, 6.45) is 3.81. The maximum Gasteiger partial charge on any atom is 0.266 e. The Morgan fingerprint density at radius 2 is 1.92 bits per heavy atom. The van der Waals surface area contributed by atoms with E-state index in [9.17, 15) is 4.79 Å². The van der Waals surface area contributed by atoms with Crippen LogP contribution in [0, 0.1) is 0 Å². The highest BCUT2D eigenvalue weighted by Crippen LogP contribution is 2.26. The Bertz CT molecular complexity index is 1050. The molecular weight excluding hydrogens is 302 g/mol. The maximum absolute atomic E-state index is 13.3. The summed E-state index contributed by atoms with van der Waals surface area (Å²) in [6, 6.07) is 15.2. The molecule has 4 aromatic rings. The van der Waals surface area contributed by atoms with E-state index in [1.807, 2.05) is 55.5 Å². The van der Waals surface area contributed by atoms with Gasteiger partial charge in [0.15, 0.2) is 0 Å². The topological polar surface area (TPSA) is 60.9 Å². The molecule has 5 nitrogen and oxygen atoms in total. The standard InChI is InChI=1S/C19H15N3O2/c1-2-17-21-16-10-6-9-15(13-11-20-24-12-13)18(16)19(23)22(17)14-7-4-3-5-8-14/h3-12H,2H2,1H3. The quantitative estimate of drug-likeness (QED) is 0.579. The van der Waals surface area contributed by atoms with Gasteiger partial charge in [-0.3, -0.25) is 9.36 Å². The van der Waals surface area contributed by atoms with Crippen molar-refractivity contribution >= 4 is 10.9 Å². The number of aryl methyl sites for hydroxylation is 1. The fourth-order valence-electron chi connectivity index (χ4n) is 2.94. The van der Waals surface area contributed by atoms with Crippen molar-refractivity contribution in [3.05, 3.63) is 77.2 Å². The highest BCUT2D eigenvalue weighted by Gasteiger charge is 2.15. The van der Waals surface area contributed by atoms with E-state index in [0.717, 1.165) is 22.6 Å². The van der Waals surface area contributed by atoms with Crippen molar-refractivity contribution in [3.8, 4) is 16.8 Å². The fraction of sp³-hybridized carbons (Fsp3) is 0.105. The van der Waals surface area contributed by atoms with E-state index in [2.05, 4.69) is 5.16 Å². The van der Waals surface area contributed by atoms with Gasteiger partial charge in [0.25, 0.3) is 5.56 Å². The molecule has 2 aromatic heterocycles. The number of hydrogen-bond acceptors (Lipinski definition) is 4. The Labute approximate surface area is 138 Å². The molecule has 0 spiro atoms. The predicted molar refractivity (Wildman–Crippen MR) is 92.2 cm³/mol. The second-order valence-electron chi connectivity index (χ2n) is 5.47. The van der Waals surface area contributed by atoms with Crippen LogP contribution < -0.4 is 5.56 Å². The lowest BCUT2D eigenvalue weighted by molar-refractivity contribution is 0.420. The molecule has 118 valence electrons. The lowest BCUT2D eigenvalue weighted by Crippen LogP contribution is -2.24. The zero-order valence-electron chi connectivity index (χ0n) is 13.1. The normalized spacial score (nSPS) is 11.0. The minimum absolute atomic E-state index is 0.0835. The zero-order valence-corrected chi connectivity index (χ0v) is 13.1. The highest BCUT2D eigenvalue weighted by molar-refractivity contribution is 5.93. The first-order valence-electron chi connectivity index (χ1n) is 7.79. The molecule has 24 heavy (non-hydrogen) atoms. The largest absolute Gasteiger partial charge is 0.364 e. The number of para-hydroxylation sites is 1. The summed E-state index contributed by atoms with van der Waals surface area (Å²) in [5.41, 5.74) is 2.96. The Balaban J connectivity index is 2.12. The minimum atomic E-state index is -0.0835. The van der Waals surface area contributed by atoms with Crippen LogP contribution >= 0.6 is 0 Å². The number of nitrogens with zero attached hydrogens (tertiary/aromatic N) is 3. The molecule has 0 atom stereocenters. The van der Waals surface area contributed by atoms with Gasteiger partial charge >= 0.3 is 0 Å². The van der Waals surface area contributed by atoms with Crippen LogP contribution in [-0.2, 0) is 6.42 Å². The summed E-state index contributed by atoms with van der Waals surface area (Å²) in [7, 11) is 0. The Kier molecular flexibility index (Phi) is 3.46. The van der Waals surface area contributed by atoms with Crippen molar-refractivity contribution in [2.45, 2.75) is 13.3 Å². The molecule has 2 heterocycles. The molecule has 2 aromatic carbocycles. The molecule has 0 unspecified atom stereocenters. The lowest BCUT2D eigenvalue weighted by atomic mass is 10.0. The average molecular weight is 317 g/mol. The molecule has 4 rings (SSSR count). The van der Waals surface area contributed by atoms with Crippen LogP contribution in [0.5, 0.6) is 0 Å². The first-order valence-corrected chi connectivity index (χ1v) is 7.79. The molecule has 0 fully saturated rings. The van der Waals surface area contributed by atoms with Gasteiger partial charge in [-0.2, -0.15) is 0 Å². The summed E-state index contributed by atoms with van der Waals surface area (Å²) in [5, 5.41) is 4.32. The van der Waals surface area contributed by atoms with Crippen molar-refractivity contribution in [3.63, 3.8) is 0 Å².